The number of carboxylic acid groups (broad SMARTS) is 1. The first kappa shape index (κ1) is 15.5. The van der Waals surface area contributed by atoms with Gasteiger partial charge in [-0.3, -0.25) is 4.72 Å². The Bertz CT molecular complexity index is 686. The van der Waals surface area contributed by atoms with E-state index >= 15 is 0 Å². The maximum atomic E-state index is 11.6. The summed E-state index contributed by atoms with van der Waals surface area (Å²) < 4.78 is 47.2. The number of carbonyl (C=O) groups is 1. The van der Waals surface area contributed by atoms with Gasteiger partial charge in [0.1, 0.15) is 15.4 Å². The number of anilines is 1. The summed E-state index contributed by atoms with van der Waals surface area (Å²) >= 11 is 0. The number of H-pyrrole nitrogens is 1. The molecular formula is C9H14N2O6S2. The lowest BCUT2D eigenvalue weighted by atomic mass is 10.2. The number of aromatic carboxylic acids is 1. The van der Waals surface area contributed by atoms with Crippen molar-refractivity contribution in [3.05, 3.63) is 17.5 Å². The molecule has 0 fully saturated rings. The number of nitrogens with one attached hydrogen (secondary N) is 2. The minimum Gasteiger partial charge on any atom is -0.478 e. The number of aromatic amines is 1. The first-order valence-electron chi connectivity index (χ1n) is 5.11. The van der Waals surface area contributed by atoms with Crippen molar-refractivity contribution in [2.24, 2.45) is 0 Å². The number of hydrogen-bond acceptors (Lipinski definition) is 5. The highest BCUT2D eigenvalue weighted by molar-refractivity contribution is 7.95. The Morgan fingerprint density at radius 1 is 1.32 bits per heavy atom. The molecule has 0 unspecified atom stereocenters. The number of hydrogen-bond donors (Lipinski definition) is 3. The van der Waals surface area contributed by atoms with Gasteiger partial charge in [0.15, 0.2) is 0 Å². The van der Waals surface area contributed by atoms with Crippen LogP contribution in [-0.4, -0.2) is 50.7 Å². The minimum atomic E-state index is -3.92. The van der Waals surface area contributed by atoms with Gasteiger partial charge in [-0.05, 0) is 6.92 Å². The molecular weight excluding hydrogens is 296 g/mol. The number of carboxylic acids is 1. The number of sulfone groups is 1. The second-order valence-electron chi connectivity index (χ2n) is 4.06. The van der Waals surface area contributed by atoms with Crippen LogP contribution in [0.5, 0.6) is 0 Å². The van der Waals surface area contributed by atoms with E-state index in [0.717, 1.165) is 6.26 Å². The highest BCUT2D eigenvalue weighted by Gasteiger charge is 2.21. The first-order chi connectivity index (χ1) is 8.52. The van der Waals surface area contributed by atoms with E-state index in [9.17, 15) is 21.6 Å². The lowest BCUT2D eigenvalue weighted by Crippen LogP contribution is -2.23. The molecule has 0 aliphatic carbocycles. The van der Waals surface area contributed by atoms with Crippen LogP contribution < -0.4 is 4.72 Å². The summed E-state index contributed by atoms with van der Waals surface area (Å²) in [7, 11) is -7.34. The molecule has 10 heteroatoms. The summed E-state index contributed by atoms with van der Waals surface area (Å²) in [6.45, 7) is 1.48. The van der Waals surface area contributed by atoms with Crippen molar-refractivity contribution in [1.29, 1.82) is 0 Å². The van der Waals surface area contributed by atoms with Crippen molar-refractivity contribution in [2.45, 2.75) is 6.92 Å². The van der Waals surface area contributed by atoms with Gasteiger partial charge < -0.3 is 10.1 Å². The van der Waals surface area contributed by atoms with Gasteiger partial charge in [0.05, 0.1) is 17.2 Å². The molecule has 0 atom stereocenters. The molecule has 0 aliphatic heterocycles. The Hall–Kier alpha value is -1.55. The maximum Gasteiger partial charge on any atom is 0.339 e. The second kappa shape index (κ2) is 5.21. The third-order valence-corrected chi connectivity index (χ3v) is 4.76. The van der Waals surface area contributed by atoms with Gasteiger partial charge in [-0.2, -0.15) is 0 Å². The molecule has 0 saturated heterocycles. The van der Waals surface area contributed by atoms with E-state index in [1.54, 1.807) is 0 Å². The highest BCUT2D eigenvalue weighted by Crippen LogP contribution is 2.20. The van der Waals surface area contributed by atoms with E-state index in [-0.39, 0.29) is 11.3 Å². The third-order valence-electron chi connectivity index (χ3n) is 2.28. The Kier molecular flexibility index (Phi) is 4.25. The van der Waals surface area contributed by atoms with Gasteiger partial charge in [0.25, 0.3) is 0 Å². The largest absolute Gasteiger partial charge is 0.478 e. The smallest absolute Gasteiger partial charge is 0.339 e. The van der Waals surface area contributed by atoms with Crippen LogP contribution in [0.4, 0.5) is 5.69 Å². The Morgan fingerprint density at radius 3 is 2.37 bits per heavy atom. The number of aromatic nitrogens is 1. The van der Waals surface area contributed by atoms with Crippen LogP contribution >= 0.6 is 0 Å². The summed E-state index contributed by atoms with van der Waals surface area (Å²) in [6, 6.07) is 0. The van der Waals surface area contributed by atoms with Crippen LogP contribution in [-0.2, 0) is 19.9 Å². The van der Waals surface area contributed by atoms with E-state index in [1.165, 1.54) is 13.1 Å². The zero-order valence-electron chi connectivity index (χ0n) is 10.3. The van der Waals surface area contributed by atoms with Crippen molar-refractivity contribution in [3.8, 4) is 0 Å². The molecule has 3 N–H and O–H groups in total. The van der Waals surface area contributed by atoms with Gasteiger partial charge in [0, 0.05) is 18.1 Å². The van der Waals surface area contributed by atoms with E-state index < -0.39 is 37.3 Å². The molecule has 0 amide bonds. The molecule has 0 bridgehead atoms. The fourth-order valence-corrected chi connectivity index (χ4v) is 4.05. The van der Waals surface area contributed by atoms with Crippen molar-refractivity contribution >= 4 is 31.5 Å². The van der Waals surface area contributed by atoms with Crippen LogP contribution in [0.2, 0.25) is 0 Å². The second-order valence-corrected chi connectivity index (χ2v) is 8.16. The maximum absolute atomic E-state index is 11.6. The zero-order valence-corrected chi connectivity index (χ0v) is 11.9. The van der Waals surface area contributed by atoms with E-state index in [0.29, 0.717) is 5.69 Å². The van der Waals surface area contributed by atoms with Crippen LogP contribution in [0.15, 0.2) is 6.20 Å². The molecule has 0 saturated carbocycles. The van der Waals surface area contributed by atoms with Crippen molar-refractivity contribution < 1.29 is 26.7 Å². The molecule has 0 spiro atoms. The highest BCUT2D eigenvalue weighted by atomic mass is 32.2. The molecule has 108 valence electrons. The molecule has 0 aliphatic rings. The van der Waals surface area contributed by atoms with Gasteiger partial charge >= 0.3 is 5.97 Å². The summed E-state index contributed by atoms with van der Waals surface area (Å²) in [5.41, 5.74) is -0.00487. The van der Waals surface area contributed by atoms with Crippen molar-refractivity contribution in [2.75, 3.05) is 22.5 Å². The molecule has 1 heterocycles. The predicted octanol–water partition coefficient (Wildman–Crippen LogP) is -0.192. The molecule has 0 radical (unpaired) electrons. The summed E-state index contributed by atoms with van der Waals surface area (Å²) in [5.74, 6) is -2.44. The van der Waals surface area contributed by atoms with Gasteiger partial charge in [0.2, 0.25) is 10.0 Å². The monoisotopic (exact) mass is 310 g/mol. The molecule has 1 rings (SSSR count). The average molecular weight is 310 g/mol. The zero-order chi connectivity index (χ0) is 14.8. The summed E-state index contributed by atoms with van der Waals surface area (Å²) in [5, 5.41) is 8.94. The van der Waals surface area contributed by atoms with E-state index in [2.05, 4.69) is 9.71 Å². The van der Waals surface area contributed by atoms with Crippen LogP contribution in [0.1, 0.15) is 16.1 Å². The molecule has 8 nitrogen and oxygen atoms in total. The Balaban J connectivity index is 2.94. The van der Waals surface area contributed by atoms with Gasteiger partial charge in [-0.25, -0.2) is 21.6 Å². The molecule has 1 aromatic heterocycles. The lowest BCUT2D eigenvalue weighted by molar-refractivity contribution is 0.0697. The fourth-order valence-electron chi connectivity index (χ4n) is 1.36. The molecule has 0 aromatic carbocycles. The fraction of sp³-hybridized carbons (Fsp3) is 0.444. The predicted molar refractivity (Wildman–Crippen MR) is 69.6 cm³/mol. The first-order valence-corrected chi connectivity index (χ1v) is 8.82. The topological polar surface area (TPSA) is 133 Å². The average Bonchev–Trinajstić information content (AvgIpc) is 2.55. The molecule has 19 heavy (non-hydrogen) atoms. The quantitative estimate of drug-likeness (QED) is 0.666. The van der Waals surface area contributed by atoms with Crippen molar-refractivity contribution in [3.63, 3.8) is 0 Å². The third kappa shape index (κ3) is 4.56. The SMILES string of the molecule is Cc1[nH]cc(NS(=O)(=O)CCS(C)(=O)=O)c1C(=O)O. The number of sulfonamides is 1. The van der Waals surface area contributed by atoms with Gasteiger partial charge in [-0.15, -0.1) is 0 Å². The van der Waals surface area contributed by atoms with Crippen LogP contribution in [0.3, 0.4) is 0 Å². The van der Waals surface area contributed by atoms with Crippen molar-refractivity contribution in [1.82, 2.24) is 4.98 Å². The Labute approximate surface area is 110 Å². The van der Waals surface area contributed by atoms with Crippen LogP contribution in [0, 0.1) is 6.92 Å². The Morgan fingerprint density at radius 2 is 1.89 bits per heavy atom. The van der Waals surface area contributed by atoms with Gasteiger partial charge in [-0.1, -0.05) is 0 Å². The normalized spacial score (nSPS) is 12.3. The summed E-state index contributed by atoms with van der Waals surface area (Å²) in [4.78, 5) is 13.5. The number of aryl methyl sites for hydroxylation is 1. The van der Waals surface area contributed by atoms with E-state index in [1.807, 2.05) is 0 Å². The standard InChI is InChI=1S/C9H14N2O6S2/c1-6-8(9(12)13)7(5-10-6)11-19(16,17)4-3-18(2,14)15/h5,10-11H,3-4H2,1-2H3,(H,12,13). The summed E-state index contributed by atoms with van der Waals surface area (Å²) in [6.07, 6.45) is 2.13. The lowest BCUT2D eigenvalue weighted by Gasteiger charge is -2.07. The van der Waals surface area contributed by atoms with E-state index in [4.69, 9.17) is 5.11 Å². The number of rotatable bonds is 6. The minimum absolute atomic E-state index is 0.112. The van der Waals surface area contributed by atoms with Crippen LogP contribution in [0.25, 0.3) is 0 Å². The molecule has 1 aromatic rings.